The summed E-state index contributed by atoms with van der Waals surface area (Å²) >= 11 is 0. The molecule has 0 aliphatic rings. The predicted octanol–water partition coefficient (Wildman–Crippen LogP) is 1.40. The quantitative estimate of drug-likeness (QED) is 0.566. The summed E-state index contributed by atoms with van der Waals surface area (Å²) in [5.74, 6) is 1.07. The molecule has 0 aliphatic heterocycles. The minimum absolute atomic E-state index is 0.125. The number of benzene rings is 1. The van der Waals surface area contributed by atoms with E-state index in [1.807, 2.05) is 13.0 Å². The Hall–Kier alpha value is -2.90. The Morgan fingerprint density at radius 3 is 2.79 bits per heavy atom. The summed E-state index contributed by atoms with van der Waals surface area (Å²) in [7, 11) is 0. The average Bonchev–Trinajstić information content (AvgIpc) is 3.15. The molecule has 0 spiro atoms. The lowest BCUT2D eigenvalue weighted by atomic mass is 10.1. The van der Waals surface area contributed by atoms with Crippen LogP contribution in [0.15, 0.2) is 16.9 Å². The van der Waals surface area contributed by atoms with Gasteiger partial charge in [-0.2, -0.15) is 5.10 Å². The molecule has 2 heterocycles. The Morgan fingerprint density at radius 1 is 1.29 bits per heavy atom. The number of rotatable bonds is 5. The number of amides is 1. The maximum atomic E-state index is 12.1. The summed E-state index contributed by atoms with van der Waals surface area (Å²) in [6.07, 6.45) is 0.819. The molecule has 24 heavy (non-hydrogen) atoms. The molecule has 0 bridgehead atoms. The van der Waals surface area contributed by atoms with Crippen LogP contribution in [0.25, 0.3) is 11.0 Å². The zero-order valence-electron chi connectivity index (χ0n) is 13.9. The number of H-pyrrole nitrogens is 3. The zero-order valence-corrected chi connectivity index (χ0v) is 13.9. The molecule has 1 atom stereocenters. The number of fused-ring (bicyclic) bond motifs is 1. The molecule has 0 radical (unpaired) electrons. The topological polar surface area (TPSA) is 119 Å². The van der Waals surface area contributed by atoms with E-state index in [9.17, 15) is 9.59 Å². The maximum absolute atomic E-state index is 12.1. The van der Waals surface area contributed by atoms with Crippen molar-refractivity contribution >= 4 is 16.9 Å². The van der Waals surface area contributed by atoms with Crippen LogP contribution in [-0.4, -0.2) is 31.1 Å². The molecule has 1 aromatic carbocycles. The van der Waals surface area contributed by atoms with Gasteiger partial charge in [-0.05, 0) is 38.0 Å². The highest BCUT2D eigenvalue weighted by Crippen LogP contribution is 2.19. The van der Waals surface area contributed by atoms with Crippen molar-refractivity contribution in [2.24, 2.45) is 0 Å². The number of carbonyl (C=O) groups is 1. The maximum Gasteiger partial charge on any atom is 0.340 e. The molecule has 3 rings (SSSR count). The highest BCUT2D eigenvalue weighted by Gasteiger charge is 2.14. The van der Waals surface area contributed by atoms with E-state index in [4.69, 9.17) is 0 Å². The monoisotopic (exact) mass is 328 g/mol. The van der Waals surface area contributed by atoms with Gasteiger partial charge in [0.2, 0.25) is 5.91 Å². The first-order chi connectivity index (χ1) is 11.4. The molecule has 3 aromatic rings. The molecule has 4 N–H and O–H groups in total. The van der Waals surface area contributed by atoms with Crippen LogP contribution in [0, 0.1) is 13.8 Å². The Kier molecular flexibility index (Phi) is 4.20. The first kappa shape index (κ1) is 16.0. The average molecular weight is 328 g/mol. The number of nitrogens with one attached hydrogen (secondary N) is 4. The second-order valence-electron chi connectivity index (χ2n) is 5.94. The fraction of sp³-hybridized carbons (Fsp3) is 0.375. The smallest absolute Gasteiger partial charge is 0.340 e. The van der Waals surface area contributed by atoms with Crippen LogP contribution in [-0.2, 0) is 11.2 Å². The number of aromatic nitrogens is 5. The Balaban J connectivity index is 1.62. The molecule has 0 unspecified atom stereocenters. The molecule has 0 saturated heterocycles. The summed E-state index contributed by atoms with van der Waals surface area (Å²) < 4.78 is 0. The van der Waals surface area contributed by atoms with Gasteiger partial charge in [0.25, 0.3) is 0 Å². The lowest BCUT2D eigenvalue weighted by Gasteiger charge is -2.10. The van der Waals surface area contributed by atoms with Crippen LogP contribution in [0.5, 0.6) is 0 Å². The lowest BCUT2D eigenvalue weighted by Crippen LogP contribution is -2.27. The summed E-state index contributed by atoms with van der Waals surface area (Å²) in [4.78, 5) is 33.5. The minimum Gasteiger partial charge on any atom is -0.346 e. The van der Waals surface area contributed by atoms with Crippen LogP contribution < -0.4 is 11.0 Å². The fourth-order valence-corrected chi connectivity index (χ4v) is 2.58. The summed E-state index contributed by atoms with van der Waals surface area (Å²) in [5, 5.41) is 8.89. The van der Waals surface area contributed by atoms with Gasteiger partial charge >= 0.3 is 5.69 Å². The fourth-order valence-electron chi connectivity index (χ4n) is 2.58. The van der Waals surface area contributed by atoms with Crippen LogP contribution in [0.2, 0.25) is 0 Å². The highest BCUT2D eigenvalue weighted by molar-refractivity contribution is 5.80. The first-order valence-electron chi connectivity index (χ1n) is 7.83. The van der Waals surface area contributed by atoms with Gasteiger partial charge in [0.1, 0.15) is 5.82 Å². The Labute approximate surface area is 138 Å². The minimum atomic E-state index is -0.390. The molecule has 0 fully saturated rings. The van der Waals surface area contributed by atoms with Crippen molar-refractivity contribution < 1.29 is 4.79 Å². The molecule has 1 amide bonds. The van der Waals surface area contributed by atoms with E-state index in [2.05, 4.69) is 43.5 Å². The third kappa shape index (κ3) is 3.22. The number of hydrogen-bond donors (Lipinski definition) is 4. The van der Waals surface area contributed by atoms with Gasteiger partial charge < -0.3 is 10.3 Å². The number of imidazole rings is 1. The van der Waals surface area contributed by atoms with Gasteiger partial charge in [-0.15, -0.1) is 0 Å². The van der Waals surface area contributed by atoms with Crippen LogP contribution in [0.4, 0.5) is 0 Å². The van der Waals surface area contributed by atoms with Crippen molar-refractivity contribution in [2.45, 2.75) is 39.7 Å². The summed E-state index contributed by atoms with van der Waals surface area (Å²) in [6, 6.07) is 3.69. The van der Waals surface area contributed by atoms with Crippen molar-refractivity contribution in [3.63, 3.8) is 0 Å². The van der Waals surface area contributed by atoms with E-state index in [1.165, 1.54) is 5.56 Å². The van der Waals surface area contributed by atoms with Gasteiger partial charge in [0.15, 0.2) is 5.82 Å². The van der Waals surface area contributed by atoms with E-state index >= 15 is 0 Å². The number of nitrogens with zero attached hydrogens (tertiary/aromatic N) is 2. The third-order valence-electron chi connectivity index (χ3n) is 4.12. The van der Waals surface area contributed by atoms with Crippen molar-refractivity contribution in [2.75, 3.05) is 0 Å². The van der Waals surface area contributed by atoms with E-state index < -0.39 is 0 Å². The van der Waals surface area contributed by atoms with E-state index in [0.717, 1.165) is 22.4 Å². The summed E-state index contributed by atoms with van der Waals surface area (Å²) in [6.45, 7) is 5.86. The Morgan fingerprint density at radius 2 is 2.08 bits per heavy atom. The summed E-state index contributed by atoms with van der Waals surface area (Å²) in [5.41, 5.74) is 3.89. The van der Waals surface area contributed by atoms with Crippen molar-refractivity contribution in [1.29, 1.82) is 0 Å². The number of hydrogen-bond acceptors (Lipinski definition) is 4. The molecule has 0 saturated carbocycles. The second-order valence-corrected chi connectivity index (χ2v) is 5.94. The number of aromatic amines is 3. The van der Waals surface area contributed by atoms with E-state index in [1.54, 1.807) is 6.92 Å². The molecule has 8 heteroatoms. The predicted molar refractivity (Wildman–Crippen MR) is 89.7 cm³/mol. The largest absolute Gasteiger partial charge is 0.346 e. The molecule has 8 nitrogen and oxygen atoms in total. The Bertz CT molecular complexity index is 936. The molecular formula is C16H20N6O2. The van der Waals surface area contributed by atoms with Crippen LogP contribution in [0.3, 0.4) is 0 Å². The lowest BCUT2D eigenvalue weighted by molar-refractivity contribution is -0.121. The first-order valence-corrected chi connectivity index (χ1v) is 7.83. The third-order valence-corrected chi connectivity index (χ3v) is 4.12. The normalized spacial score (nSPS) is 12.5. The van der Waals surface area contributed by atoms with Gasteiger partial charge in [-0.25, -0.2) is 14.9 Å². The van der Waals surface area contributed by atoms with Gasteiger partial charge in [0, 0.05) is 12.8 Å². The number of carbonyl (C=O) groups excluding carboxylic acids is 1. The van der Waals surface area contributed by atoms with E-state index in [-0.39, 0.29) is 17.6 Å². The van der Waals surface area contributed by atoms with Gasteiger partial charge in [-0.1, -0.05) is 6.07 Å². The molecule has 126 valence electrons. The second kappa shape index (κ2) is 6.31. The molecular weight excluding hydrogens is 308 g/mol. The zero-order chi connectivity index (χ0) is 17.3. The van der Waals surface area contributed by atoms with E-state index in [0.29, 0.717) is 18.7 Å². The molecule has 0 aliphatic carbocycles. The van der Waals surface area contributed by atoms with Gasteiger partial charge in [0.05, 0.1) is 17.1 Å². The SMILES string of the molecule is Cc1ccc2[nH]c(CCC(=O)N[C@@H](C)c3n[nH]c(=O)[nH]3)nc2c1C. The van der Waals surface area contributed by atoms with Crippen molar-refractivity contribution in [1.82, 2.24) is 30.5 Å². The van der Waals surface area contributed by atoms with Crippen molar-refractivity contribution in [3.8, 4) is 0 Å². The number of aryl methyl sites for hydroxylation is 3. The molecule has 2 aromatic heterocycles. The van der Waals surface area contributed by atoms with Gasteiger partial charge in [-0.3, -0.25) is 9.78 Å². The standard InChI is InChI=1S/C16H20N6O2/c1-8-4-5-11-14(9(8)2)19-12(18-11)6-7-13(23)17-10(3)15-20-16(24)22-21-15/h4-5,10H,6-7H2,1-3H3,(H,17,23)(H,18,19)(H2,20,21,22,24)/t10-/m0/s1. The van der Waals surface area contributed by atoms with Crippen molar-refractivity contribution in [3.05, 3.63) is 45.4 Å². The van der Waals surface area contributed by atoms with Crippen LogP contribution >= 0.6 is 0 Å². The van der Waals surface area contributed by atoms with Crippen LogP contribution in [0.1, 0.15) is 42.2 Å². The highest BCUT2D eigenvalue weighted by atomic mass is 16.2.